The van der Waals surface area contributed by atoms with Crippen LogP contribution in [0.5, 0.6) is 0 Å². The summed E-state index contributed by atoms with van der Waals surface area (Å²) in [5, 5.41) is 9.57. The van der Waals surface area contributed by atoms with Crippen molar-refractivity contribution in [3.63, 3.8) is 0 Å². The van der Waals surface area contributed by atoms with Crippen LogP contribution in [0.25, 0.3) is 0 Å². The van der Waals surface area contributed by atoms with Crippen LogP contribution in [0.2, 0.25) is 5.15 Å². The lowest BCUT2D eigenvalue weighted by atomic mass is 10.0. The Bertz CT molecular complexity index is 678. The average molecular weight is 385 g/mol. The van der Waals surface area contributed by atoms with Crippen LogP contribution in [0, 0.1) is 5.82 Å². The quantitative estimate of drug-likeness (QED) is 0.599. The molecule has 2 aromatic rings. The van der Waals surface area contributed by atoms with Crippen molar-refractivity contribution in [3.8, 4) is 0 Å². The molecule has 0 spiro atoms. The predicted octanol–water partition coefficient (Wildman–Crippen LogP) is 4.74. The van der Waals surface area contributed by atoms with Crippen molar-refractivity contribution in [1.29, 1.82) is 0 Å². The molecule has 21 heavy (non-hydrogen) atoms. The van der Waals surface area contributed by atoms with Crippen LogP contribution in [0.4, 0.5) is 17.6 Å². The van der Waals surface area contributed by atoms with Crippen LogP contribution >= 0.6 is 27.5 Å². The highest BCUT2D eigenvalue weighted by atomic mass is 79.9. The first-order chi connectivity index (χ1) is 9.71. The Kier molecular flexibility index (Phi) is 4.55. The Labute approximate surface area is 130 Å². The van der Waals surface area contributed by atoms with Crippen LogP contribution in [-0.4, -0.2) is 10.1 Å². The van der Waals surface area contributed by atoms with E-state index in [0.717, 1.165) is 6.07 Å². The molecule has 1 heterocycles. The standard InChI is InChI=1S/C13H7BrClF4NO/c14-8-3-1-2-6(10(8)16)11(21)7-4-5-9(13(17,18)19)20-12(7)15/h1-5,11,21H. The van der Waals surface area contributed by atoms with Crippen molar-refractivity contribution in [2.45, 2.75) is 12.3 Å². The lowest BCUT2D eigenvalue weighted by molar-refractivity contribution is -0.141. The van der Waals surface area contributed by atoms with Crippen molar-refractivity contribution in [2.75, 3.05) is 0 Å². The summed E-state index contributed by atoms with van der Waals surface area (Å²) in [6, 6.07) is 5.87. The number of aromatic nitrogens is 1. The van der Waals surface area contributed by atoms with Crippen LogP contribution in [-0.2, 0) is 6.18 Å². The lowest BCUT2D eigenvalue weighted by Crippen LogP contribution is -2.11. The zero-order chi connectivity index (χ0) is 15.8. The number of rotatable bonds is 2. The van der Waals surface area contributed by atoms with Gasteiger partial charge < -0.3 is 5.11 Å². The monoisotopic (exact) mass is 383 g/mol. The van der Waals surface area contributed by atoms with E-state index in [2.05, 4.69) is 20.9 Å². The minimum Gasteiger partial charge on any atom is -0.383 e. The summed E-state index contributed by atoms with van der Waals surface area (Å²) in [4.78, 5) is 3.19. The molecule has 0 saturated carbocycles. The molecule has 1 aromatic heterocycles. The van der Waals surface area contributed by atoms with Gasteiger partial charge in [-0.25, -0.2) is 9.37 Å². The van der Waals surface area contributed by atoms with Crippen LogP contribution in [0.1, 0.15) is 22.9 Å². The van der Waals surface area contributed by atoms with Gasteiger partial charge in [-0.1, -0.05) is 29.8 Å². The SMILES string of the molecule is OC(c1ccc(C(F)(F)F)nc1Cl)c1cccc(Br)c1F. The number of aliphatic hydroxyl groups is 1. The lowest BCUT2D eigenvalue weighted by Gasteiger charge is -2.15. The van der Waals surface area contributed by atoms with Gasteiger partial charge in [-0.05, 0) is 28.1 Å². The largest absolute Gasteiger partial charge is 0.433 e. The first-order valence-electron chi connectivity index (χ1n) is 5.57. The Balaban J connectivity index is 2.45. The molecule has 2 rings (SSSR count). The van der Waals surface area contributed by atoms with Crippen molar-refractivity contribution >= 4 is 27.5 Å². The second-order valence-corrected chi connectivity index (χ2v) is 5.33. The van der Waals surface area contributed by atoms with Gasteiger partial charge in [-0.2, -0.15) is 13.2 Å². The molecule has 0 aliphatic heterocycles. The molecule has 8 heteroatoms. The number of aliphatic hydroxyl groups excluding tert-OH is 1. The zero-order valence-corrected chi connectivity index (χ0v) is 12.5. The molecule has 0 amide bonds. The summed E-state index contributed by atoms with van der Waals surface area (Å²) in [5.41, 5.74) is -1.41. The normalized spacial score (nSPS) is 13.3. The molecular weight excluding hydrogens is 377 g/mol. The summed E-state index contributed by atoms with van der Waals surface area (Å²) in [6.07, 6.45) is -6.17. The van der Waals surface area contributed by atoms with Gasteiger partial charge >= 0.3 is 6.18 Å². The second-order valence-electron chi connectivity index (χ2n) is 4.12. The van der Waals surface area contributed by atoms with Gasteiger partial charge in [0.1, 0.15) is 22.8 Å². The Morgan fingerprint density at radius 2 is 1.81 bits per heavy atom. The van der Waals surface area contributed by atoms with Gasteiger partial charge in [0.2, 0.25) is 0 Å². The van der Waals surface area contributed by atoms with Gasteiger partial charge in [0, 0.05) is 11.1 Å². The van der Waals surface area contributed by atoms with E-state index in [1.54, 1.807) is 0 Å². The number of halogens is 6. The van der Waals surface area contributed by atoms with E-state index in [1.165, 1.54) is 18.2 Å². The molecule has 0 saturated heterocycles. The minimum atomic E-state index is -4.64. The van der Waals surface area contributed by atoms with E-state index >= 15 is 0 Å². The molecule has 0 aliphatic carbocycles. The minimum absolute atomic E-state index is 0.110. The first kappa shape index (κ1) is 16.2. The van der Waals surface area contributed by atoms with Crippen LogP contribution in [0.15, 0.2) is 34.8 Å². The number of benzene rings is 1. The molecular formula is C13H7BrClF4NO. The maximum absolute atomic E-state index is 13.9. The molecule has 0 radical (unpaired) electrons. The van der Waals surface area contributed by atoms with E-state index in [0.29, 0.717) is 6.07 Å². The third kappa shape index (κ3) is 3.36. The number of hydrogen-bond donors (Lipinski definition) is 1. The van der Waals surface area contributed by atoms with Crippen molar-refractivity contribution in [3.05, 3.63) is 62.6 Å². The van der Waals surface area contributed by atoms with Gasteiger partial charge in [0.15, 0.2) is 0 Å². The Morgan fingerprint density at radius 3 is 2.38 bits per heavy atom. The average Bonchev–Trinajstić information content (AvgIpc) is 2.40. The summed E-state index contributed by atoms with van der Waals surface area (Å²) in [6.45, 7) is 0. The van der Waals surface area contributed by atoms with Gasteiger partial charge in [-0.15, -0.1) is 0 Å². The third-order valence-corrected chi connectivity index (χ3v) is 3.65. The Hall–Kier alpha value is -1.18. The molecule has 112 valence electrons. The van der Waals surface area contributed by atoms with E-state index in [-0.39, 0.29) is 15.6 Å². The van der Waals surface area contributed by atoms with Gasteiger partial charge in [0.05, 0.1) is 4.47 Å². The van der Waals surface area contributed by atoms with Gasteiger partial charge in [-0.3, -0.25) is 0 Å². The van der Waals surface area contributed by atoms with Crippen molar-refractivity contribution in [2.24, 2.45) is 0 Å². The van der Waals surface area contributed by atoms with Crippen molar-refractivity contribution in [1.82, 2.24) is 4.98 Å². The van der Waals surface area contributed by atoms with Crippen LogP contribution in [0.3, 0.4) is 0 Å². The molecule has 1 aromatic carbocycles. The van der Waals surface area contributed by atoms with E-state index in [1.807, 2.05) is 0 Å². The molecule has 0 fully saturated rings. The number of nitrogens with zero attached hydrogens (tertiary/aromatic N) is 1. The zero-order valence-electron chi connectivity index (χ0n) is 10.1. The summed E-state index contributed by atoms with van der Waals surface area (Å²) < 4.78 is 51.5. The maximum atomic E-state index is 13.9. The molecule has 0 bridgehead atoms. The van der Waals surface area contributed by atoms with Gasteiger partial charge in [0.25, 0.3) is 0 Å². The highest BCUT2D eigenvalue weighted by Crippen LogP contribution is 2.34. The van der Waals surface area contributed by atoms with E-state index < -0.39 is 28.9 Å². The number of pyridine rings is 1. The second kappa shape index (κ2) is 5.90. The number of hydrogen-bond acceptors (Lipinski definition) is 2. The topological polar surface area (TPSA) is 33.1 Å². The molecule has 0 aliphatic rings. The third-order valence-electron chi connectivity index (χ3n) is 2.74. The summed E-state index contributed by atoms with van der Waals surface area (Å²) in [7, 11) is 0. The first-order valence-corrected chi connectivity index (χ1v) is 6.74. The highest BCUT2D eigenvalue weighted by Gasteiger charge is 2.33. The molecule has 1 N–H and O–H groups in total. The fraction of sp³-hybridized carbons (Fsp3) is 0.154. The number of alkyl halides is 3. The fourth-order valence-electron chi connectivity index (χ4n) is 1.71. The molecule has 2 nitrogen and oxygen atoms in total. The molecule has 1 atom stereocenters. The Morgan fingerprint density at radius 1 is 1.14 bits per heavy atom. The maximum Gasteiger partial charge on any atom is 0.433 e. The molecule has 1 unspecified atom stereocenters. The van der Waals surface area contributed by atoms with Crippen molar-refractivity contribution < 1.29 is 22.7 Å². The van der Waals surface area contributed by atoms with Crippen LogP contribution < -0.4 is 0 Å². The summed E-state index contributed by atoms with van der Waals surface area (Å²) in [5.74, 6) is -0.721. The smallest absolute Gasteiger partial charge is 0.383 e. The summed E-state index contributed by atoms with van der Waals surface area (Å²) >= 11 is 8.63. The fourth-order valence-corrected chi connectivity index (χ4v) is 2.35. The van der Waals surface area contributed by atoms with E-state index in [4.69, 9.17) is 11.6 Å². The highest BCUT2D eigenvalue weighted by molar-refractivity contribution is 9.10. The predicted molar refractivity (Wildman–Crippen MR) is 72.4 cm³/mol. The van der Waals surface area contributed by atoms with E-state index in [9.17, 15) is 22.7 Å².